The first-order valence-corrected chi connectivity index (χ1v) is 10.5. The van der Waals surface area contributed by atoms with E-state index in [1.54, 1.807) is 32.4 Å². The van der Waals surface area contributed by atoms with Gasteiger partial charge in [-0.05, 0) is 18.2 Å². The minimum atomic E-state index is -0.600. The lowest BCUT2D eigenvalue weighted by molar-refractivity contribution is -0.115. The second kappa shape index (κ2) is 8.60. The number of thioether (sulfide) groups is 1. The van der Waals surface area contributed by atoms with Crippen molar-refractivity contribution in [3.63, 3.8) is 0 Å². The van der Waals surface area contributed by atoms with Crippen LogP contribution in [0.5, 0.6) is 23.0 Å². The Morgan fingerprint density at radius 2 is 1.94 bits per heavy atom. The number of hydrogen-bond donors (Lipinski definition) is 2. The molecule has 1 aromatic heterocycles. The van der Waals surface area contributed by atoms with Crippen LogP contribution in [0.1, 0.15) is 16.5 Å². The van der Waals surface area contributed by atoms with Crippen molar-refractivity contribution in [1.29, 1.82) is 0 Å². The number of nitrogens with two attached hydrogens (primary N) is 1. The Bertz CT molecular complexity index is 1270. The lowest BCUT2D eigenvalue weighted by Gasteiger charge is -2.29. The number of rotatable bonds is 5. The van der Waals surface area contributed by atoms with Gasteiger partial charge in [-0.25, -0.2) is 4.79 Å². The zero-order valence-electron chi connectivity index (χ0n) is 17.5. The molecule has 0 spiro atoms. The standard InChI is InChI=1S/C20H16N2O7S.CH4O/c1-25-9-3-4-10(26-2)15-14(9)16-13-8(5-11-18(16)28-7-27-11)20(24)29-22-17(13)19(15)30-6-12(21)23;1-2/h3-5,19H,6-7H2,1-2H3,(H2,21,23);2H,1H3/t19-;/m0./s1. The molecule has 1 amide bonds. The molecule has 32 heavy (non-hydrogen) atoms. The molecule has 0 bridgehead atoms. The highest BCUT2D eigenvalue weighted by Crippen LogP contribution is 2.59. The van der Waals surface area contributed by atoms with E-state index < -0.39 is 16.8 Å². The first kappa shape index (κ1) is 21.8. The van der Waals surface area contributed by atoms with Gasteiger partial charge < -0.3 is 34.3 Å². The molecule has 0 radical (unpaired) electrons. The summed E-state index contributed by atoms with van der Waals surface area (Å²) >= 11 is 1.27. The van der Waals surface area contributed by atoms with Gasteiger partial charge in [0.1, 0.15) is 17.2 Å². The monoisotopic (exact) mass is 460 g/mol. The number of hydrogen-bond acceptors (Lipinski definition) is 10. The van der Waals surface area contributed by atoms with Gasteiger partial charge in [0.2, 0.25) is 12.7 Å². The molecule has 3 N–H and O–H groups in total. The highest BCUT2D eigenvalue weighted by Gasteiger charge is 2.39. The first-order valence-electron chi connectivity index (χ1n) is 9.41. The van der Waals surface area contributed by atoms with Crippen LogP contribution in [-0.4, -0.2) is 50.0 Å². The number of ether oxygens (including phenoxy) is 4. The number of amides is 1. The van der Waals surface area contributed by atoms with Crippen LogP contribution < -0.4 is 30.3 Å². The second-order valence-electron chi connectivity index (χ2n) is 6.68. The van der Waals surface area contributed by atoms with Crippen molar-refractivity contribution >= 4 is 28.4 Å². The zero-order chi connectivity index (χ0) is 23.0. The number of carbonyl (C=O) groups excluding carboxylic acids is 1. The van der Waals surface area contributed by atoms with Gasteiger partial charge in [-0.15, -0.1) is 11.8 Å². The molecule has 10 nitrogen and oxygen atoms in total. The lowest BCUT2D eigenvalue weighted by atomic mass is 9.84. The fraction of sp³-hybridized carbons (Fsp3) is 0.286. The maximum absolute atomic E-state index is 12.5. The summed E-state index contributed by atoms with van der Waals surface area (Å²) in [5, 5.41) is 11.5. The van der Waals surface area contributed by atoms with Crippen molar-refractivity contribution in [2.75, 3.05) is 33.9 Å². The van der Waals surface area contributed by atoms with Crippen molar-refractivity contribution in [2.45, 2.75) is 5.25 Å². The first-order chi connectivity index (χ1) is 15.5. The maximum Gasteiger partial charge on any atom is 0.366 e. The number of nitrogens with zero attached hydrogens (tertiary/aromatic N) is 1. The van der Waals surface area contributed by atoms with E-state index >= 15 is 0 Å². The summed E-state index contributed by atoms with van der Waals surface area (Å²) in [7, 11) is 4.11. The largest absolute Gasteiger partial charge is 0.496 e. The Morgan fingerprint density at radius 1 is 1.22 bits per heavy atom. The Labute approximate surface area is 186 Å². The fourth-order valence-electron chi connectivity index (χ4n) is 3.98. The van der Waals surface area contributed by atoms with Crippen molar-refractivity contribution in [3.8, 4) is 34.1 Å². The number of aliphatic hydroxyl groups is 1. The molecule has 0 unspecified atom stereocenters. The van der Waals surface area contributed by atoms with Gasteiger partial charge in [0.15, 0.2) is 11.5 Å². The van der Waals surface area contributed by atoms with E-state index in [0.717, 1.165) is 12.7 Å². The van der Waals surface area contributed by atoms with Gasteiger partial charge in [-0.1, -0.05) is 5.16 Å². The predicted octanol–water partition coefficient (Wildman–Crippen LogP) is 1.83. The topological polar surface area (TPSA) is 143 Å². The fourth-order valence-corrected chi connectivity index (χ4v) is 5.03. The average Bonchev–Trinajstić information content (AvgIpc) is 3.29. The summed E-state index contributed by atoms with van der Waals surface area (Å²) in [5.74, 6) is 1.60. The molecule has 3 aromatic rings. The van der Waals surface area contributed by atoms with Crippen molar-refractivity contribution in [2.24, 2.45) is 5.73 Å². The highest BCUT2D eigenvalue weighted by atomic mass is 32.2. The van der Waals surface area contributed by atoms with E-state index in [4.69, 9.17) is 34.3 Å². The molecule has 11 heteroatoms. The molecule has 0 fully saturated rings. The van der Waals surface area contributed by atoms with Crippen molar-refractivity contribution < 1.29 is 33.4 Å². The normalized spacial score (nSPS) is 14.9. The maximum atomic E-state index is 12.5. The second-order valence-corrected chi connectivity index (χ2v) is 7.77. The molecule has 0 saturated carbocycles. The minimum Gasteiger partial charge on any atom is -0.496 e. The quantitative estimate of drug-likeness (QED) is 0.579. The van der Waals surface area contributed by atoms with E-state index in [9.17, 15) is 9.59 Å². The molecule has 1 aliphatic carbocycles. The summed E-state index contributed by atoms with van der Waals surface area (Å²) < 4.78 is 27.7. The van der Waals surface area contributed by atoms with Gasteiger partial charge in [0.05, 0.1) is 30.6 Å². The van der Waals surface area contributed by atoms with Crippen molar-refractivity contribution in [1.82, 2.24) is 5.16 Å². The molecule has 2 heterocycles. The Balaban J connectivity index is 0.00000119. The smallest absolute Gasteiger partial charge is 0.366 e. The molecule has 0 saturated heterocycles. The number of aromatic nitrogens is 1. The Morgan fingerprint density at radius 3 is 2.62 bits per heavy atom. The van der Waals surface area contributed by atoms with E-state index in [0.29, 0.717) is 50.6 Å². The van der Waals surface area contributed by atoms with E-state index in [2.05, 4.69) is 5.16 Å². The number of fused-ring (bicyclic) bond motifs is 4. The summed E-state index contributed by atoms with van der Waals surface area (Å²) in [5.41, 5.74) is 7.31. The molecular formula is C21H20N2O8S. The third-order valence-corrected chi connectivity index (χ3v) is 6.37. The number of primary amides is 1. The van der Waals surface area contributed by atoms with E-state index in [1.165, 1.54) is 11.8 Å². The predicted molar refractivity (Wildman–Crippen MR) is 117 cm³/mol. The number of methoxy groups -OCH3 is 2. The summed E-state index contributed by atoms with van der Waals surface area (Å²) in [6, 6.07) is 5.14. The van der Waals surface area contributed by atoms with Gasteiger partial charge in [0.25, 0.3) is 0 Å². The van der Waals surface area contributed by atoms with E-state index in [-0.39, 0.29) is 12.5 Å². The van der Waals surface area contributed by atoms with Gasteiger partial charge in [0, 0.05) is 29.2 Å². The van der Waals surface area contributed by atoms with Crippen LogP contribution in [0.15, 0.2) is 27.5 Å². The molecule has 1 atom stereocenters. The third kappa shape index (κ3) is 3.21. The molecule has 168 valence electrons. The number of aliphatic hydroxyl groups excluding tert-OH is 1. The highest BCUT2D eigenvalue weighted by molar-refractivity contribution is 8.00. The van der Waals surface area contributed by atoms with Crippen LogP contribution in [0, 0.1) is 0 Å². The van der Waals surface area contributed by atoms with Crippen LogP contribution in [-0.2, 0) is 4.79 Å². The van der Waals surface area contributed by atoms with Crippen LogP contribution in [0.25, 0.3) is 21.9 Å². The molecule has 5 rings (SSSR count). The molecule has 2 aromatic carbocycles. The van der Waals surface area contributed by atoms with Crippen LogP contribution in [0.2, 0.25) is 0 Å². The molecule has 2 aliphatic rings. The van der Waals surface area contributed by atoms with Gasteiger partial charge in [-0.3, -0.25) is 4.79 Å². The van der Waals surface area contributed by atoms with Crippen LogP contribution >= 0.6 is 11.8 Å². The minimum absolute atomic E-state index is 0.0220. The Hall–Kier alpha value is -3.44. The summed E-state index contributed by atoms with van der Waals surface area (Å²) in [6.45, 7) is 0.0220. The van der Waals surface area contributed by atoms with Crippen LogP contribution in [0.3, 0.4) is 0 Å². The average molecular weight is 460 g/mol. The molecular weight excluding hydrogens is 440 g/mol. The SMILES string of the molecule is CO.COc1ccc(OC)c2c1-c1c3c(cc4c(=O)onc(c14)[C@H]2SCC(N)=O)OCO3. The van der Waals surface area contributed by atoms with Gasteiger partial charge >= 0.3 is 5.63 Å². The lowest BCUT2D eigenvalue weighted by Crippen LogP contribution is -2.18. The third-order valence-electron chi connectivity index (χ3n) is 5.13. The van der Waals surface area contributed by atoms with Crippen LogP contribution in [0.4, 0.5) is 0 Å². The Kier molecular flexibility index (Phi) is 5.85. The van der Waals surface area contributed by atoms with Gasteiger partial charge in [-0.2, -0.15) is 0 Å². The zero-order valence-corrected chi connectivity index (χ0v) is 18.3. The van der Waals surface area contributed by atoms with Crippen molar-refractivity contribution in [3.05, 3.63) is 39.9 Å². The summed E-state index contributed by atoms with van der Waals surface area (Å²) in [4.78, 5) is 24.1. The summed E-state index contributed by atoms with van der Waals surface area (Å²) in [6.07, 6.45) is 0. The molecule has 1 aliphatic heterocycles. The number of benzene rings is 2. The number of carbonyl (C=O) groups is 1. The van der Waals surface area contributed by atoms with E-state index in [1.807, 2.05) is 0 Å².